The van der Waals surface area contributed by atoms with Crippen molar-refractivity contribution in [1.82, 2.24) is 0 Å². The van der Waals surface area contributed by atoms with Crippen LogP contribution in [0.25, 0.3) is 0 Å². The monoisotopic (exact) mass is 488 g/mol. The third-order valence-electron chi connectivity index (χ3n) is 6.49. The van der Waals surface area contributed by atoms with Gasteiger partial charge in [0.05, 0.1) is 29.4 Å². The summed E-state index contributed by atoms with van der Waals surface area (Å²) in [4.78, 5) is 47.2. The zero-order valence-corrected chi connectivity index (χ0v) is 19.9. The Hall–Kier alpha value is -4.44. The van der Waals surface area contributed by atoms with Gasteiger partial charge in [-0.2, -0.15) is 0 Å². The molecule has 2 amide bonds. The maximum absolute atomic E-state index is 13.7. The SMILES string of the molecule is COc1ccc(N2C(=O)[C@H]3[C@H](ON(c4cccc([N+](=O)[O-])c4)[C@@H]3c3ccc(N(C)C)cc3)C2=O)cc1. The summed E-state index contributed by atoms with van der Waals surface area (Å²) in [6, 6.07) is 19.5. The van der Waals surface area contributed by atoms with Gasteiger partial charge in [0, 0.05) is 31.9 Å². The van der Waals surface area contributed by atoms with Gasteiger partial charge in [-0.15, -0.1) is 0 Å². The van der Waals surface area contributed by atoms with Gasteiger partial charge in [-0.3, -0.25) is 24.5 Å². The molecule has 0 bridgehead atoms. The smallest absolute Gasteiger partial charge is 0.271 e. The average molecular weight is 489 g/mol. The van der Waals surface area contributed by atoms with Crippen LogP contribution in [0.5, 0.6) is 5.75 Å². The van der Waals surface area contributed by atoms with Crippen LogP contribution in [0.4, 0.5) is 22.7 Å². The Labute approximate surface area is 207 Å². The zero-order chi connectivity index (χ0) is 25.6. The molecule has 10 nitrogen and oxygen atoms in total. The van der Waals surface area contributed by atoms with Gasteiger partial charge in [0.15, 0.2) is 6.10 Å². The number of hydrogen-bond donors (Lipinski definition) is 0. The van der Waals surface area contributed by atoms with Crippen molar-refractivity contribution in [2.45, 2.75) is 12.1 Å². The Morgan fingerprint density at radius 3 is 2.25 bits per heavy atom. The average Bonchev–Trinajstić information content (AvgIpc) is 3.40. The Morgan fingerprint density at radius 1 is 0.944 bits per heavy atom. The first-order valence-corrected chi connectivity index (χ1v) is 11.3. The molecular weight excluding hydrogens is 464 g/mol. The van der Waals surface area contributed by atoms with Crippen LogP contribution in [0.3, 0.4) is 0 Å². The second kappa shape index (κ2) is 8.97. The van der Waals surface area contributed by atoms with Crippen LogP contribution >= 0.6 is 0 Å². The first-order chi connectivity index (χ1) is 17.3. The van der Waals surface area contributed by atoms with Crippen molar-refractivity contribution in [2.75, 3.05) is 36.1 Å². The molecule has 0 aromatic heterocycles. The highest BCUT2D eigenvalue weighted by molar-refractivity contribution is 6.23. The van der Waals surface area contributed by atoms with Crippen molar-refractivity contribution in [3.8, 4) is 5.75 Å². The molecule has 0 aliphatic carbocycles. The van der Waals surface area contributed by atoms with E-state index in [1.54, 1.807) is 36.4 Å². The maximum Gasteiger partial charge on any atom is 0.271 e. The van der Waals surface area contributed by atoms with E-state index in [0.29, 0.717) is 17.1 Å². The van der Waals surface area contributed by atoms with Crippen molar-refractivity contribution in [3.63, 3.8) is 0 Å². The van der Waals surface area contributed by atoms with E-state index in [9.17, 15) is 19.7 Å². The number of methoxy groups -OCH3 is 1. The predicted octanol–water partition coefficient (Wildman–Crippen LogP) is 3.72. The van der Waals surface area contributed by atoms with E-state index in [4.69, 9.17) is 9.57 Å². The molecule has 36 heavy (non-hydrogen) atoms. The van der Waals surface area contributed by atoms with Crippen LogP contribution in [0.15, 0.2) is 72.8 Å². The summed E-state index contributed by atoms with van der Waals surface area (Å²) < 4.78 is 5.18. The van der Waals surface area contributed by atoms with Gasteiger partial charge < -0.3 is 9.64 Å². The normalized spacial score (nSPS) is 21.0. The number of non-ortho nitro benzene ring substituents is 1. The molecule has 3 aromatic carbocycles. The molecule has 2 saturated heterocycles. The molecule has 0 saturated carbocycles. The Kier molecular flexibility index (Phi) is 5.81. The molecule has 0 spiro atoms. The predicted molar refractivity (Wildman–Crippen MR) is 133 cm³/mol. The van der Waals surface area contributed by atoms with E-state index < -0.39 is 34.8 Å². The minimum atomic E-state index is -1.07. The zero-order valence-electron chi connectivity index (χ0n) is 19.9. The Balaban J connectivity index is 1.57. The number of hydrogen-bond acceptors (Lipinski definition) is 8. The van der Waals surface area contributed by atoms with E-state index in [-0.39, 0.29) is 5.69 Å². The van der Waals surface area contributed by atoms with Crippen molar-refractivity contribution < 1.29 is 24.1 Å². The lowest BCUT2D eigenvalue weighted by Gasteiger charge is -2.29. The van der Waals surface area contributed by atoms with Gasteiger partial charge in [-0.25, -0.2) is 9.96 Å². The second-order valence-corrected chi connectivity index (χ2v) is 8.80. The first-order valence-electron chi connectivity index (χ1n) is 11.3. The number of nitrogens with zero attached hydrogens (tertiary/aromatic N) is 4. The van der Waals surface area contributed by atoms with Gasteiger partial charge in [0.1, 0.15) is 11.7 Å². The van der Waals surface area contributed by atoms with Crippen molar-refractivity contribution in [2.24, 2.45) is 5.92 Å². The third-order valence-corrected chi connectivity index (χ3v) is 6.49. The molecule has 2 aliphatic heterocycles. The lowest BCUT2D eigenvalue weighted by molar-refractivity contribution is -0.384. The molecule has 10 heteroatoms. The number of amides is 2. The highest BCUT2D eigenvalue weighted by Crippen LogP contribution is 2.48. The fraction of sp³-hybridized carbons (Fsp3) is 0.231. The van der Waals surface area contributed by atoms with E-state index in [2.05, 4.69) is 0 Å². The number of hydroxylamine groups is 1. The number of nitro benzene ring substituents is 1. The van der Waals surface area contributed by atoms with Crippen LogP contribution in [0.2, 0.25) is 0 Å². The van der Waals surface area contributed by atoms with Crippen LogP contribution in [0, 0.1) is 16.0 Å². The maximum atomic E-state index is 13.7. The lowest BCUT2D eigenvalue weighted by Crippen LogP contribution is -2.37. The van der Waals surface area contributed by atoms with Gasteiger partial charge in [-0.1, -0.05) is 18.2 Å². The fourth-order valence-electron chi connectivity index (χ4n) is 4.68. The molecule has 2 heterocycles. The minimum Gasteiger partial charge on any atom is -0.497 e. The Morgan fingerprint density at radius 2 is 1.64 bits per heavy atom. The Bertz CT molecular complexity index is 1330. The number of nitro groups is 1. The third kappa shape index (κ3) is 3.81. The topological polar surface area (TPSA) is 105 Å². The van der Waals surface area contributed by atoms with E-state index in [1.807, 2.05) is 43.3 Å². The number of fused-ring (bicyclic) bond motifs is 1. The molecule has 184 valence electrons. The van der Waals surface area contributed by atoms with E-state index in [1.165, 1.54) is 24.3 Å². The largest absolute Gasteiger partial charge is 0.497 e. The minimum absolute atomic E-state index is 0.118. The fourth-order valence-corrected chi connectivity index (χ4v) is 4.68. The van der Waals surface area contributed by atoms with Gasteiger partial charge >= 0.3 is 0 Å². The molecule has 0 radical (unpaired) electrons. The van der Waals surface area contributed by atoms with Crippen LogP contribution in [0.1, 0.15) is 11.6 Å². The summed E-state index contributed by atoms with van der Waals surface area (Å²) in [6.45, 7) is 0. The summed E-state index contributed by atoms with van der Waals surface area (Å²) >= 11 is 0. The lowest BCUT2D eigenvalue weighted by atomic mass is 9.90. The van der Waals surface area contributed by atoms with Crippen molar-refractivity contribution in [3.05, 3.63) is 88.5 Å². The highest BCUT2D eigenvalue weighted by Gasteiger charge is 2.60. The van der Waals surface area contributed by atoms with E-state index in [0.717, 1.165) is 16.2 Å². The summed E-state index contributed by atoms with van der Waals surface area (Å²) in [7, 11) is 5.38. The molecule has 2 aliphatic rings. The van der Waals surface area contributed by atoms with Gasteiger partial charge in [0.25, 0.3) is 11.6 Å². The number of carbonyl (C=O) groups excluding carboxylic acids is 2. The van der Waals surface area contributed by atoms with Crippen molar-refractivity contribution >= 4 is 34.6 Å². The van der Waals surface area contributed by atoms with Crippen LogP contribution in [-0.2, 0) is 14.4 Å². The second-order valence-electron chi connectivity index (χ2n) is 8.80. The summed E-state index contributed by atoms with van der Waals surface area (Å²) in [6.07, 6.45) is -1.07. The molecule has 3 atom stereocenters. The molecule has 2 fully saturated rings. The summed E-state index contributed by atoms with van der Waals surface area (Å²) in [5, 5.41) is 12.8. The number of benzene rings is 3. The highest BCUT2D eigenvalue weighted by atomic mass is 16.7. The van der Waals surface area contributed by atoms with Crippen molar-refractivity contribution in [1.29, 1.82) is 0 Å². The molecule has 0 N–H and O–H groups in total. The molecule has 0 unspecified atom stereocenters. The number of imide groups is 1. The van der Waals surface area contributed by atoms with Gasteiger partial charge in [-0.05, 0) is 48.0 Å². The standard InChI is InChI=1S/C26H24N4O6/c1-27(2)17-9-7-16(8-10-17)23-22-24(36-29(23)19-5-4-6-20(15-19)30(33)34)26(32)28(25(22)31)18-11-13-21(35-3)14-12-18/h4-15,22-24H,1-3H3/t22-,23-,24+/m1/s1. The first kappa shape index (κ1) is 23.3. The number of rotatable bonds is 6. The van der Waals surface area contributed by atoms with E-state index >= 15 is 0 Å². The summed E-state index contributed by atoms with van der Waals surface area (Å²) in [5.41, 5.74) is 2.40. The number of anilines is 3. The summed E-state index contributed by atoms with van der Waals surface area (Å²) in [5.74, 6) is -1.13. The number of carbonyl (C=O) groups is 2. The van der Waals surface area contributed by atoms with Gasteiger partial charge in [0.2, 0.25) is 5.91 Å². The van der Waals surface area contributed by atoms with Crippen LogP contribution < -0.4 is 19.6 Å². The molecule has 3 aromatic rings. The number of ether oxygens (including phenoxy) is 1. The molecular formula is C26H24N4O6. The quantitative estimate of drug-likeness (QED) is 0.294. The molecule has 5 rings (SSSR count). The van der Waals surface area contributed by atoms with Crippen LogP contribution in [-0.4, -0.2) is 44.0 Å².